The molecule has 312 valence electrons. The van der Waals surface area contributed by atoms with Crippen molar-refractivity contribution in [3.8, 4) is 11.3 Å². The molecule has 3 fully saturated rings. The summed E-state index contributed by atoms with van der Waals surface area (Å²) >= 11 is 6.87. The third kappa shape index (κ3) is 10.7. The summed E-state index contributed by atoms with van der Waals surface area (Å²) in [7, 11) is 0. The van der Waals surface area contributed by atoms with Crippen molar-refractivity contribution in [2.75, 3.05) is 54.4 Å². The van der Waals surface area contributed by atoms with Gasteiger partial charge in [-0.2, -0.15) is 0 Å². The Balaban J connectivity index is 0.889. The third-order valence-electron chi connectivity index (χ3n) is 11.2. The molecule has 4 aromatic rings. The Morgan fingerprint density at radius 2 is 1.70 bits per heavy atom. The molecule has 13 heteroatoms. The predicted molar refractivity (Wildman–Crippen MR) is 242 cm³/mol. The smallest absolute Gasteiger partial charge is 0.227 e. The summed E-state index contributed by atoms with van der Waals surface area (Å²) in [6, 6.07) is 20.2. The first-order valence-electron chi connectivity index (χ1n) is 20.9. The van der Waals surface area contributed by atoms with E-state index in [0.29, 0.717) is 42.1 Å². The number of nitrogens with one attached hydrogen (secondary N) is 3. The van der Waals surface area contributed by atoms with Crippen LogP contribution in [0, 0.1) is 11.3 Å². The van der Waals surface area contributed by atoms with E-state index in [0.717, 1.165) is 84.4 Å². The van der Waals surface area contributed by atoms with Crippen LogP contribution in [-0.4, -0.2) is 76.7 Å². The van der Waals surface area contributed by atoms with Crippen LogP contribution in [0.2, 0.25) is 5.02 Å². The molecular formula is C47H55ClN10O2. The van der Waals surface area contributed by atoms with E-state index >= 15 is 0 Å². The summed E-state index contributed by atoms with van der Waals surface area (Å²) in [5.41, 5.74) is 9.13. The van der Waals surface area contributed by atoms with E-state index in [4.69, 9.17) is 21.6 Å². The number of aromatic nitrogens is 3. The van der Waals surface area contributed by atoms with Crippen molar-refractivity contribution in [1.82, 2.24) is 30.5 Å². The number of anilines is 4. The number of halogens is 1. The van der Waals surface area contributed by atoms with Crippen molar-refractivity contribution in [3.63, 3.8) is 0 Å². The SMILES string of the molecule is C\C=C(/N=C(\C(=C/C)NCc1ccc(-c2cc(Nc3ccc(N4CCN(CCc5ccc(N6CCC(=O)NC6=C=O)cc5)CC4)cn3)ncn2)cc1Cl)C1CC1)C(C)(C)C. The topological polar surface area (TPSA) is 131 Å². The lowest BCUT2D eigenvalue weighted by molar-refractivity contribution is -0.120. The highest BCUT2D eigenvalue weighted by atomic mass is 35.5. The second kappa shape index (κ2) is 19.1. The average Bonchev–Trinajstić information content (AvgIpc) is 4.10. The van der Waals surface area contributed by atoms with E-state index in [1.54, 1.807) is 11.2 Å². The number of nitrogens with zero attached hydrogens (tertiary/aromatic N) is 7. The number of pyridine rings is 1. The first-order chi connectivity index (χ1) is 29.0. The molecule has 2 aromatic carbocycles. The molecule has 2 saturated heterocycles. The first-order valence-corrected chi connectivity index (χ1v) is 21.3. The Hall–Kier alpha value is -5.81. The van der Waals surface area contributed by atoms with E-state index < -0.39 is 0 Å². The fraction of sp³-hybridized carbons (Fsp3) is 0.383. The zero-order chi connectivity index (χ0) is 42.2. The molecule has 0 unspecified atom stereocenters. The monoisotopic (exact) mass is 826 g/mol. The van der Waals surface area contributed by atoms with Gasteiger partial charge in [-0.15, -0.1) is 0 Å². The van der Waals surface area contributed by atoms with Crippen molar-refractivity contribution in [2.45, 2.75) is 66.8 Å². The predicted octanol–water partition coefficient (Wildman–Crippen LogP) is 8.09. The van der Waals surface area contributed by atoms with Crippen molar-refractivity contribution in [3.05, 3.63) is 119 Å². The number of allylic oxidation sites excluding steroid dienone is 4. The van der Waals surface area contributed by atoms with Crippen molar-refractivity contribution in [1.29, 1.82) is 0 Å². The number of aliphatic imine (C=N–C) groups is 1. The number of piperazine rings is 1. The molecule has 0 spiro atoms. The number of hydrogen-bond donors (Lipinski definition) is 3. The number of carbonyl (C=O) groups is 1. The van der Waals surface area contributed by atoms with Gasteiger partial charge in [0.25, 0.3) is 0 Å². The standard InChI is InChI=1S/C47H55ClN10O2/c1-6-39(46(33-10-11-33)53-41(7-2)47(3,4)5)49-28-35-13-12-34(26-38(35)48)40-27-43(52-31-51-40)54-42-17-16-37(29-50-42)57-24-22-56(23-25-57)20-18-32-8-14-36(15-9-32)58-21-19-45(60)55-44(58)30-59/h6-9,12-17,26-27,29,31,33,49H,10-11,18-25,28H2,1-5H3,(H,55,60)(H,50,51,52,54)/b39-6+,41-7-,53-46-. The maximum Gasteiger partial charge on any atom is 0.227 e. The van der Waals surface area contributed by atoms with Gasteiger partial charge in [-0.25, -0.2) is 19.7 Å². The third-order valence-corrected chi connectivity index (χ3v) is 11.5. The van der Waals surface area contributed by atoms with Gasteiger partial charge >= 0.3 is 0 Å². The summed E-state index contributed by atoms with van der Waals surface area (Å²) in [4.78, 5) is 48.5. The van der Waals surface area contributed by atoms with Gasteiger partial charge in [0.1, 0.15) is 18.0 Å². The number of hydrogen-bond acceptors (Lipinski definition) is 11. The van der Waals surface area contributed by atoms with Crippen LogP contribution in [-0.2, 0) is 22.6 Å². The Morgan fingerprint density at radius 1 is 0.933 bits per heavy atom. The first kappa shape index (κ1) is 42.3. The van der Waals surface area contributed by atoms with Crippen LogP contribution in [0.15, 0.2) is 108 Å². The zero-order valence-corrected chi connectivity index (χ0v) is 36.0. The molecule has 0 radical (unpaired) electrons. The van der Waals surface area contributed by atoms with Gasteiger partial charge in [-0.05, 0) is 74.6 Å². The molecule has 12 nitrogen and oxygen atoms in total. The molecule has 0 bridgehead atoms. The minimum absolute atomic E-state index is 0.0244. The summed E-state index contributed by atoms with van der Waals surface area (Å²) in [6.45, 7) is 16.5. The summed E-state index contributed by atoms with van der Waals surface area (Å²) in [6.07, 6.45) is 11.3. The number of rotatable bonds is 14. The molecule has 60 heavy (non-hydrogen) atoms. The highest BCUT2D eigenvalue weighted by Gasteiger charge is 2.31. The van der Waals surface area contributed by atoms with Gasteiger partial charge in [0.05, 0.1) is 29.0 Å². The van der Waals surface area contributed by atoms with E-state index in [-0.39, 0.29) is 17.1 Å². The molecule has 3 N–H and O–H groups in total. The molecule has 2 aliphatic heterocycles. The lowest BCUT2D eigenvalue weighted by Crippen LogP contribution is -2.47. The molecule has 1 amide bonds. The second-order valence-corrected chi connectivity index (χ2v) is 16.9. The summed E-state index contributed by atoms with van der Waals surface area (Å²) in [5.74, 6) is 3.71. The normalized spacial score (nSPS) is 17.1. The Labute approximate surface area is 358 Å². The molecular weight excluding hydrogens is 772 g/mol. The molecule has 7 rings (SSSR count). The van der Waals surface area contributed by atoms with Gasteiger partial charge in [-0.1, -0.05) is 68.8 Å². The highest BCUT2D eigenvalue weighted by molar-refractivity contribution is 6.31. The van der Waals surface area contributed by atoms with E-state index in [9.17, 15) is 9.59 Å². The fourth-order valence-corrected chi connectivity index (χ4v) is 7.80. The summed E-state index contributed by atoms with van der Waals surface area (Å²) < 4.78 is 0. The fourth-order valence-electron chi connectivity index (χ4n) is 7.55. The molecule has 2 aromatic heterocycles. The Kier molecular flexibility index (Phi) is 13.4. The molecule has 4 heterocycles. The molecule has 3 aliphatic rings. The van der Waals surface area contributed by atoms with Gasteiger partial charge in [0, 0.05) is 91.6 Å². The van der Waals surface area contributed by atoms with Crippen LogP contribution in [0.1, 0.15) is 65.0 Å². The second-order valence-electron chi connectivity index (χ2n) is 16.5. The maximum absolute atomic E-state index is 11.7. The van der Waals surface area contributed by atoms with Gasteiger partial charge in [0.15, 0.2) is 11.8 Å². The van der Waals surface area contributed by atoms with Crippen LogP contribution in [0.3, 0.4) is 0 Å². The van der Waals surface area contributed by atoms with Crippen LogP contribution in [0.25, 0.3) is 11.3 Å². The van der Waals surface area contributed by atoms with Gasteiger partial charge < -0.3 is 25.8 Å². The summed E-state index contributed by atoms with van der Waals surface area (Å²) in [5, 5.41) is 10.2. The van der Waals surface area contributed by atoms with Gasteiger partial charge in [-0.3, -0.25) is 14.7 Å². The highest BCUT2D eigenvalue weighted by Crippen LogP contribution is 2.36. The maximum atomic E-state index is 11.7. The van der Waals surface area contributed by atoms with Crippen LogP contribution in [0.5, 0.6) is 0 Å². The van der Waals surface area contributed by atoms with Gasteiger partial charge in [0.2, 0.25) is 5.91 Å². The van der Waals surface area contributed by atoms with E-state index in [2.05, 4.69) is 107 Å². The number of amides is 1. The lowest BCUT2D eigenvalue weighted by Gasteiger charge is -2.36. The largest absolute Gasteiger partial charge is 0.380 e. The minimum Gasteiger partial charge on any atom is -0.380 e. The van der Waals surface area contributed by atoms with E-state index in [1.807, 2.05) is 48.5 Å². The van der Waals surface area contributed by atoms with Crippen LogP contribution >= 0.6 is 11.6 Å². The molecule has 1 saturated carbocycles. The van der Waals surface area contributed by atoms with Crippen LogP contribution in [0.4, 0.5) is 23.0 Å². The number of carbonyl (C=O) groups excluding carboxylic acids is 2. The van der Waals surface area contributed by atoms with Crippen molar-refractivity contribution < 1.29 is 9.59 Å². The molecule has 1 aliphatic carbocycles. The van der Waals surface area contributed by atoms with Crippen molar-refractivity contribution in [2.24, 2.45) is 16.3 Å². The quantitative estimate of drug-likeness (QED) is 0.0847. The minimum atomic E-state index is -0.156. The number of benzene rings is 2. The Bertz CT molecular complexity index is 2300. The zero-order valence-electron chi connectivity index (χ0n) is 35.3. The van der Waals surface area contributed by atoms with Crippen molar-refractivity contribution >= 4 is 52.2 Å². The Morgan fingerprint density at radius 3 is 2.35 bits per heavy atom. The lowest BCUT2D eigenvalue weighted by atomic mass is 9.91. The average molecular weight is 827 g/mol. The molecule has 0 atom stereocenters. The van der Waals surface area contributed by atoms with E-state index in [1.165, 1.54) is 18.4 Å². The van der Waals surface area contributed by atoms with Crippen LogP contribution < -0.4 is 25.8 Å².